The third-order valence-corrected chi connectivity index (χ3v) is 4.34. The number of aromatic nitrogens is 2. The Morgan fingerprint density at radius 3 is 2.81 bits per heavy atom. The van der Waals surface area contributed by atoms with E-state index < -0.39 is 0 Å². The Morgan fingerprint density at radius 1 is 1.29 bits per heavy atom. The second-order valence-corrected chi connectivity index (χ2v) is 5.84. The maximum atomic E-state index is 4.83. The second-order valence-electron chi connectivity index (χ2n) is 4.97. The molecule has 0 saturated carbocycles. The number of thiazole rings is 1. The van der Waals surface area contributed by atoms with Crippen LogP contribution >= 0.6 is 11.3 Å². The van der Waals surface area contributed by atoms with Gasteiger partial charge in [0.25, 0.3) is 0 Å². The van der Waals surface area contributed by atoms with Crippen LogP contribution in [0.4, 0.5) is 5.82 Å². The van der Waals surface area contributed by atoms with E-state index in [9.17, 15) is 0 Å². The number of rotatable bonds is 6. The summed E-state index contributed by atoms with van der Waals surface area (Å²) in [6.07, 6.45) is 2.10. The van der Waals surface area contributed by atoms with E-state index in [1.807, 2.05) is 7.05 Å². The van der Waals surface area contributed by atoms with Crippen molar-refractivity contribution in [2.75, 3.05) is 18.5 Å². The number of nitrogens with zero attached hydrogens (tertiary/aromatic N) is 3. The predicted molar refractivity (Wildman–Crippen MR) is 89.0 cm³/mol. The SMILES string of the molecule is CCN(Cc1ccccc1)c1nc2sccn2c1CNC. The van der Waals surface area contributed by atoms with E-state index in [0.717, 1.165) is 30.4 Å². The molecule has 0 fully saturated rings. The highest BCUT2D eigenvalue weighted by atomic mass is 32.1. The molecule has 0 aliphatic rings. The molecule has 1 N–H and O–H groups in total. The Hall–Kier alpha value is -1.85. The summed E-state index contributed by atoms with van der Waals surface area (Å²) in [5.74, 6) is 1.09. The normalized spacial score (nSPS) is 11.1. The minimum absolute atomic E-state index is 0.818. The zero-order valence-corrected chi connectivity index (χ0v) is 13.2. The lowest BCUT2D eigenvalue weighted by Gasteiger charge is -2.22. The van der Waals surface area contributed by atoms with Crippen molar-refractivity contribution < 1.29 is 0 Å². The van der Waals surface area contributed by atoms with Crippen molar-refractivity contribution in [2.24, 2.45) is 0 Å². The maximum Gasteiger partial charge on any atom is 0.195 e. The molecule has 0 bridgehead atoms. The van der Waals surface area contributed by atoms with Gasteiger partial charge in [-0.25, -0.2) is 4.98 Å². The Balaban J connectivity index is 1.96. The van der Waals surface area contributed by atoms with E-state index in [0.29, 0.717) is 0 Å². The summed E-state index contributed by atoms with van der Waals surface area (Å²) in [5, 5.41) is 5.33. The lowest BCUT2D eigenvalue weighted by atomic mass is 10.2. The van der Waals surface area contributed by atoms with Crippen LogP contribution in [0.3, 0.4) is 0 Å². The number of nitrogens with one attached hydrogen (secondary N) is 1. The summed E-state index contributed by atoms with van der Waals surface area (Å²) in [4.78, 5) is 8.22. The monoisotopic (exact) mass is 300 g/mol. The van der Waals surface area contributed by atoms with E-state index in [1.165, 1.54) is 11.3 Å². The van der Waals surface area contributed by atoms with Crippen LogP contribution in [0, 0.1) is 0 Å². The Bertz CT molecular complexity index is 701. The van der Waals surface area contributed by atoms with Crippen LogP contribution in [-0.4, -0.2) is 23.0 Å². The van der Waals surface area contributed by atoms with E-state index in [-0.39, 0.29) is 0 Å². The first-order valence-corrected chi connectivity index (χ1v) is 8.09. The minimum atomic E-state index is 0.818. The highest BCUT2D eigenvalue weighted by Gasteiger charge is 2.17. The fraction of sp³-hybridized carbons (Fsp3) is 0.312. The lowest BCUT2D eigenvalue weighted by Crippen LogP contribution is -2.24. The summed E-state index contributed by atoms with van der Waals surface area (Å²) in [7, 11) is 1.98. The van der Waals surface area contributed by atoms with Crippen LogP contribution < -0.4 is 10.2 Å². The molecule has 0 amide bonds. The van der Waals surface area contributed by atoms with Crippen LogP contribution in [0.2, 0.25) is 0 Å². The molecule has 2 heterocycles. The number of anilines is 1. The van der Waals surface area contributed by atoms with Gasteiger partial charge >= 0.3 is 0 Å². The van der Waals surface area contributed by atoms with Crippen molar-refractivity contribution in [1.82, 2.24) is 14.7 Å². The Labute approximate surface area is 129 Å². The molecule has 0 radical (unpaired) electrons. The van der Waals surface area contributed by atoms with Gasteiger partial charge in [-0.15, -0.1) is 11.3 Å². The third kappa shape index (κ3) is 2.80. The van der Waals surface area contributed by atoms with Crippen molar-refractivity contribution in [2.45, 2.75) is 20.0 Å². The first kappa shape index (κ1) is 14.1. The lowest BCUT2D eigenvalue weighted by molar-refractivity contribution is 0.756. The van der Waals surface area contributed by atoms with Gasteiger partial charge in [0.1, 0.15) is 0 Å². The molecule has 3 rings (SSSR count). The van der Waals surface area contributed by atoms with Crippen LogP contribution in [0.25, 0.3) is 4.96 Å². The number of fused-ring (bicyclic) bond motifs is 1. The maximum absolute atomic E-state index is 4.83. The quantitative estimate of drug-likeness (QED) is 0.759. The highest BCUT2D eigenvalue weighted by molar-refractivity contribution is 7.15. The van der Waals surface area contributed by atoms with E-state index in [4.69, 9.17) is 4.98 Å². The minimum Gasteiger partial charge on any atom is -0.351 e. The molecule has 4 nitrogen and oxygen atoms in total. The molecule has 3 aromatic rings. The summed E-state index contributed by atoms with van der Waals surface area (Å²) < 4.78 is 2.18. The molecular formula is C16H20N4S. The molecule has 1 aromatic carbocycles. The molecular weight excluding hydrogens is 280 g/mol. The summed E-state index contributed by atoms with van der Waals surface area (Å²) in [5.41, 5.74) is 2.54. The van der Waals surface area contributed by atoms with Crippen molar-refractivity contribution in [1.29, 1.82) is 0 Å². The van der Waals surface area contributed by atoms with Crippen LogP contribution in [0.15, 0.2) is 41.9 Å². The smallest absolute Gasteiger partial charge is 0.195 e. The molecule has 0 unspecified atom stereocenters. The largest absolute Gasteiger partial charge is 0.351 e. The van der Waals surface area contributed by atoms with Gasteiger partial charge in [-0.3, -0.25) is 4.40 Å². The van der Waals surface area contributed by atoms with Gasteiger partial charge in [-0.2, -0.15) is 0 Å². The molecule has 110 valence electrons. The fourth-order valence-corrected chi connectivity index (χ4v) is 3.27. The molecule has 0 atom stereocenters. The number of benzene rings is 1. The molecule has 21 heavy (non-hydrogen) atoms. The summed E-state index contributed by atoms with van der Waals surface area (Å²) in [6, 6.07) is 10.6. The van der Waals surface area contributed by atoms with Gasteiger partial charge in [0.15, 0.2) is 10.8 Å². The number of imidazole rings is 1. The molecule has 0 spiro atoms. The fourth-order valence-electron chi connectivity index (χ4n) is 2.55. The van der Waals surface area contributed by atoms with Crippen LogP contribution in [0.5, 0.6) is 0 Å². The number of hydrogen-bond donors (Lipinski definition) is 1. The van der Waals surface area contributed by atoms with Crippen molar-refractivity contribution >= 4 is 22.1 Å². The van der Waals surface area contributed by atoms with Gasteiger partial charge in [0.2, 0.25) is 0 Å². The topological polar surface area (TPSA) is 32.6 Å². The highest BCUT2D eigenvalue weighted by Crippen LogP contribution is 2.25. The Kier molecular flexibility index (Phi) is 4.22. The number of hydrogen-bond acceptors (Lipinski definition) is 4. The zero-order chi connectivity index (χ0) is 14.7. The third-order valence-electron chi connectivity index (χ3n) is 3.58. The second kappa shape index (κ2) is 6.28. The first-order chi connectivity index (χ1) is 10.3. The molecule has 0 saturated heterocycles. The van der Waals surface area contributed by atoms with Gasteiger partial charge in [-0.1, -0.05) is 30.3 Å². The van der Waals surface area contributed by atoms with E-state index in [1.54, 1.807) is 11.3 Å². The van der Waals surface area contributed by atoms with Gasteiger partial charge in [0.05, 0.1) is 5.69 Å². The molecule has 0 aliphatic heterocycles. The average molecular weight is 300 g/mol. The predicted octanol–water partition coefficient (Wildman–Crippen LogP) is 3.14. The van der Waals surface area contributed by atoms with Crippen LogP contribution in [-0.2, 0) is 13.1 Å². The van der Waals surface area contributed by atoms with Crippen molar-refractivity contribution in [3.05, 3.63) is 53.2 Å². The van der Waals surface area contributed by atoms with E-state index in [2.05, 4.69) is 63.4 Å². The average Bonchev–Trinajstić information content (AvgIpc) is 3.09. The molecule has 0 aliphatic carbocycles. The van der Waals surface area contributed by atoms with Crippen LogP contribution in [0.1, 0.15) is 18.2 Å². The van der Waals surface area contributed by atoms with Gasteiger partial charge < -0.3 is 10.2 Å². The standard InChI is InChI=1S/C16H20N4S/c1-3-19(12-13-7-5-4-6-8-13)15-14(11-17-2)20-9-10-21-16(20)18-15/h4-10,17H,3,11-12H2,1-2H3. The van der Waals surface area contributed by atoms with Gasteiger partial charge in [-0.05, 0) is 19.5 Å². The zero-order valence-electron chi connectivity index (χ0n) is 12.4. The van der Waals surface area contributed by atoms with Crippen molar-refractivity contribution in [3.8, 4) is 0 Å². The Morgan fingerprint density at radius 2 is 2.10 bits per heavy atom. The van der Waals surface area contributed by atoms with Crippen molar-refractivity contribution in [3.63, 3.8) is 0 Å². The van der Waals surface area contributed by atoms with Gasteiger partial charge in [0, 0.05) is 31.2 Å². The molecule has 2 aromatic heterocycles. The first-order valence-electron chi connectivity index (χ1n) is 7.21. The van der Waals surface area contributed by atoms with E-state index >= 15 is 0 Å². The molecule has 5 heteroatoms. The summed E-state index contributed by atoms with van der Waals surface area (Å²) in [6.45, 7) is 4.83. The summed E-state index contributed by atoms with van der Waals surface area (Å²) >= 11 is 1.68.